The Kier molecular flexibility index (Phi) is 17.6. The van der Waals surface area contributed by atoms with E-state index in [1.807, 2.05) is 6.07 Å². The Labute approximate surface area is 466 Å². The van der Waals surface area contributed by atoms with Crippen LogP contribution in [0, 0.1) is 68.0 Å². The van der Waals surface area contributed by atoms with Crippen molar-refractivity contribution in [2.45, 2.75) is 155 Å². The van der Waals surface area contributed by atoms with Crippen LogP contribution in [0.5, 0.6) is 0 Å². The van der Waals surface area contributed by atoms with Crippen LogP contribution in [0.1, 0.15) is 176 Å². The molecule has 0 fully saturated rings. The van der Waals surface area contributed by atoms with Gasteiger partial charge in [0, 0.05) is 60.9 Å². The van der Waals surface area contributed by atoms with Crippen molar-refractivity contribution < 1.29 is 4.42 Å². The van der Waals surface area contributed by atoms with Crippen LogP contribution in [0.25, 0.3) is 85.2 Å². The van der Waals surface area contributed by atoms with Crippen molar-refractivity contribution in [2.24, 2.45) is 0 Å². The molecule has 0 aliphatic rings. The minimum absolute atomic E-state index is 0.154. The van der Waals surface area contributed by atoms with Gasteiger partial charge in [-0.2, -0.15) is 31.6 Å². The van der Waals surface area contributed by atoms with E-state index in [2.05, 4.69) is 50.3 Å². The number of aromatic nitrogens is 2. The molecule has 0 atom stereocenters. The summed E-state index contributed by atoms with van der Waals surface area (Å²) >= 11 is 1.37. The highest BCUT2D eigenvalue weighted by Gasteiger charge is 2.26. The van der Waals surface area contributed by atoms with Crippen molar-refractivity contribution in [2.75, 3.05) is 0 Å². The molecule has 0 aliphatic heterocycles. The highest BCUT2D eigenvalue weighted by atomic mass is 32.1. The third kappa shape index (κ3) is 10.7. The van der Waals surface area contributed by atoms with Gasteiger partial charge in [-0.3, -0.25) is 28.3 Å². The second-order valence-corrected chi connectivity index (χ2v) is 22.0. The minimum atomic E-state index is -0.441. The normalized spacial score (nSPS) is 11.3. The molecule has 0 saturated carbocycles. The molecule has 0 amide bonds. The fourth-order valence-electron chi connectivity index (χ4n) is 11.7. The number of fused-ring (bicyclic) bond motifs is 4. The van der Waals surface area contributed by atoms with Crippen LogP contribution in [0.2, 0.25) is 0 Å². The zero-order valence-electron chi connectivity index (χ0n) is 45.4. The molecule has 4 aromatic heterocycles. The van der Waals surface area contributed by atoms with Gasteiger partial charge < -0.3 is 4.42 Å². The average Bonchev–Trinajstić information content (AvgIpc) is 3.68. The van der Waals surface area contributed by atoms with Gasteiger partial charge in [-0.05, 0) is 73.5 Å². The third-order valence-corrected chi connectivity index (χ3v) is 17.0. The molecule has 14 heteroatoms. The molecule has 0 unspecified atom stereocenters. The lowest BCUT2D eigenvalue weighted by atomic mass is 9.91. The van der Waals surface area contributed by atoms with Crippen molar-refractivity contribution in [3.8, 4) is 36.4 Å². The van der Waals surface area contributed by atoms with Gasteiger partial charge in [0.15, 0.2) is 5.58 Å². The van der Waals surface area contributed by atoms with Crippen molar-refractivity contribution >= 4 is 96.5 Å². The second kappa shape index (κ2) is 25.3. The Hall–Kier alpha value is -8.92. The van der Waals surface area contributed by atoms with Crippen LogP contribution < -0.4 is 22.2 Å². The van der Waals surface area contributed by atoms with Gasteiger partial charge in [-0.1, -0.05) is 129 Å². The van der Waals surface area contributed by atoms with Crippen LogP contribution in [0.4, 0.5) is 0 Å². The summed E-state index contributed by atoms with van der Waals surface area (Å²) < 4.78 is 10.1. The lowest BCUT2D eigenvalue weighted by Crippen LogP contribution is -2.33. The first kappa shape index (κ1) is 55.8. The van der Waals surface area contributed by atoms with Gasteiger partial charge in [-0.25, -0.2) is 0 Å². The van der Waals surface area contributed by atoms with Crippen molar-refractivity contribution in [3.05, 3.63) is 135 Å². The van der Waals surface area contributed by atoms with Gasteiger partial charge in [0.05, 0.1) is 83.9 Å². The Morgan fingerprint density at radius 3 is 1.23 bits per heavy atom. The van der Waals surface area contributed by atoms with E-state index in [4.69, 9.17) is 4.42 Å². The number of hydrogen-bond donors (Lipinski definition) is 0. The van der Waals surface area contributed by atoms with E-state index >= 15 is 0 Å². The van der Waals surface area contributed by atoms with Gasteiger partial charge >= 0.3 is 0 Å². The number of nitrogens with zero attached hydrogens (tertiary/aromatic N) is 8. The largest absolute Gasteiger partial charge is 0.455 e. The van der Waals surface area contributed by atoms with Crippen LogP contribution in [-0.2, 0) is 13.1 Å². The van der Waals surface area contributed by atoms with E-state index in [-0.39, 0.29) is 34.0 Å². The second-order valence-electron chi connectivity index (χ2n) is 21.0. The zero-order chi connectivity index (χ0) is 56.5. The van der Waals surface area contributed by atoms with Crippen LogP contribution in [-0.4, -0.2) is 9.13 Å². The van der Waals surface area contributed by atoms with Crippen LogP contribution in [0.3, 0.4) is 0 Å². The number of rotatable bonds is 22. The maximum atomic E-state index is 13.7. The summed E-state index contributed by atoms with van der Waals surface area (Å²) in [5.74, 6) is 0. The standard InChI is InChI=1S/C33H30N4O3.C33H30N4O2S/c2*1-2-3-4-5-6-7-8-9-10-11-14-37-32(38)25-16-22(19-35)28-24-15-21(18-34)12-13-27(24)40-31-23(20-36)17-26(33(37)39)29(25)30(28)31/h2*12-13,15-17H,2-11,14H2,1H3. The zero-order valence-corrected chi connectivity index (χ0v) is 46.2. The van der Waals surface area contributed by atoms with Gasteiger partial charge in [0.1, 0.15) is 17.7 Å². The SMILES string of the molecule is CCCCCCCCCCCCn1c(=O)c2cc(C#N)c3oc4ccc(C#N)cc4c4c(C#N)cc(c1=O)c2c34.CCCCCCCCCCCCn1c(=O)c2cc(C#N)c3sc4ccc(C#N)cc4c4c(C#N)cc(c1=O)c2c34. The van der Waals surface area contributed by atoms with Gasteiger partial charge in [0.25, 0.3) is 22.2 Å². The predicted octanol–water partition coefficient (Wildman–Crippen LogP) is 15.2. The first-order valence-corrected chi connectivity index (χ1v) is 29.0. The molecule has 0 N–H and O–H groups in total. The smallest absolute Gasteiger partial charge is 0.261 e. The quantitative estimate of drug-likeness (QED) is 0.0351. The molecule has 0 spiro atoms. The molecule has 13 nitrogen and oxygen atoms in total. The lowest BCUT2D eigenvalue weighted by molar-refractivity contribution is 0.527. The van der Waals surface area contributed by atoms with Crippen LogP contribution >= 0.6 is 11.3 Å². The number of unbranched alkanes of at least 4 members (excludes halogenated alkanes) is 18. The molecule has 0 bridgehead atoms. The topological polar surface area (TPSA) is 234 Å². The Bertz CT molecular complexity index is 4190. The molecule has 6 aromatic carbocycles. The fraction of sp³-hybridized carbons (Fsp3) is 0.364. The summed E-state index contributed by atoms with van der Waals surface area (Å²) in [4.78, 5) is 54.7. The highest BCUT2D eigenvalue weighted by Crippen LogP contribution is 2.44. The van der Waals surface area contributed by atoms with Gasteiger partial charge in [0.2, 0.25) is 0 Å². The van der Waals surface area contributed by atoms with Crippen molar-refractivity contribution in [1.82, 2.24) is 9.13 Å². The Morgan fingerprint density at radius 2 is 0.775 bits per heavy atom. The van der Waals surface area contributed by atoms with Gasteiger partial charge in [-0.15, -0.1) is 11.3 Å². The molecule has 0 aliphatic carbocycles. The third-order valence-electron chi connectivity index (χ3n) is 15.7. The summed E-state index contributed by atoms with van der Waals surface area (Å²) in [7, 11) is 0. The average molecular weight is 1080 g/mol. The maximum Gasteiger partial charge on any atom is 0.261 e. The first-order valence-electron chi connectivity index (χ1n) is 28.2. The molecule has 10 aromatic rings. The van der Waals surface area contributed by atoms with E-state index in [1.54, 1.807) is 42.5 Å². The molecular weight excluding hydrogens is 1020 g/mol. The summed E-state index contributed by atoms with van der Waals surface area (Å²) in [5, 5.41) is 64.5. The molecule has 80 heavy (non-hydrogen) atoms. The lowest BCUT2D eigenvalue weighted by Gasteiger charge is -2.16. The highest BCUT2D eigenvalue weighted by molar-refractivity contribution is 7.25. The van der Waals surface area contributed by atoms with E-state index in [0.717, 1.165) is 49.6 Å². The fourth-order valence-corrected chi connectivity index (χ4v) is 12.8. The molecule has 0 saturated heterocycles. The maximum absolute atomic E-state index is 13.7. The summed E-state index contributed by atoms with van der Waals surface area (Å²) in [6, 6.07) is 29.3. The predicted molar refractivity (Wildman–Crippen MR) is 318 cm³/mol. The van der Waals surface area contributed by atoms with E-state index in [9.17, 15) is 50.7 Å². The summed E-state index contributed by atoms with van der Waals surface area (Å²) in [6.45, 7) is 5.03. The molecular formula is C66H60N8O5S. The van der Waals surface area contributed by atoms with E-state index in [1.165, 1.54) is 110 Å². The molecule has 400 valence electrons. The van der Waals surface area contributed by atoms with Crippen molar-refractivity contribution in [3.63, 3.8) is 0 Å². The van der Waals surface area contributed by atoms with Crippen LogP contribution in [0.15, 0.2) is 84.3 Å². The minimum Gasteiger partial charge on any atom is -0.455 e. The van der Waals surface area contributed by atoms with E-state index < -0.39 is 22.2 Å². The van der Waals surface area contributed by atoms with Crippen molar-refractivity contribution in [1.29, 1.82) is 31.6 Å². The number of pyridine rings is 2. The van der Waals surface area contributed by atoms with E-state index in [0.29, 0.717) is 99.4 Å². The first-order chi connectivity index (χ1) is 39.1. The number of benzene rings is 6. The Morgan fingerprint density at radius 1 is 0.388 bits per heavy atom. The molecule has 10 rings (SSSR count). The summed E-state index contributed by atoms with van der Waals surface area (Å²) in [5.41, 5.74) is 0.791. The summed E-state index contributed by atoms with van der Waals surface area (Å²) in [6.07, 6.45) is 22.9. The number of hydrogen-bond acceptors (Lipinski definition) is 12. The number of nitriles is 6. The Balaban J connectivity index is 0.000000194. The molecule has 0 radical (unpaired) electrons. The molecule has 4 heterocycles. The monoisotopic (exact) mass is 1080 g/mol.